The van der Waals surface area contributed by atoms with E-state index in [-0.39, 0.29) is 24.4 Å². The lowest BCUT2D eigenvalue weighted by Crippen LogP contribution is -2.42. The molecule has 1 aromatic rings. The second-order valence-electron chi connectivity index (χ2n) is 5.02. The highest BCUT2D eigenvalue weighted by molar-refractivity contribution is 5.84. The molecule has 6 heteroatoms. The first-order chi connectivity index (χ1) is 10.1. The first kappa shape index (κ1) is 15.2. The Hall–Kier alpha value is -2.24. The first-order valence-electron chi connectivity index (χ1n) is 7.15. The van der Waals surface area contributed by atoms with Crippen LogP contribution in [0.1, 0.15) is 42.5 Å². The van der Waals surface area contributed by atoms with E-state index in [1.165, 1.54) is 6.07 Å². The third-order valence-electron chi connectivity index (χ3n) is 3.46. The molecule has 1 aromatic heterocycles. The van der Waals surface area contributed by atoms with Crippen LogP contribution in [0, 0.1) is 0 Å². The van der Waals surface area contributed by atoms with Crippen LogP contribution in [0.25, 0.3) is 0 Å². The summed E-state index contributed by atoms with van der Waals surface area (Å²) < 4.78 is 5.10. The van der Waals surface area contributed by atoms with Gasteiger partial charge in [-0.2, -0.15) is 0 Å². The molecule has 2 N–H and O–H groups in total. The zero-order chi connectivity index (χ0) is 15.2. The highest BCUT2D eigenvalue weighted by atomic mass is 16.4. The van der Waals surface area contributed by atoms with Crippen molar-refractivity contribution in [2.24, 2.45) is 0 Å². The van der Waals surface area contributed by atoms with Gasteiger partial charge < -0.3 is 19.7 Å². The molecule has 2 heterocycles. The van der Waals surface area contributed by atoms with E-state index in [4.69, 9.17) is 9.52 Å². The summed E-state index contributed by atoms with van der Waals surface area (Å²) in [6.45, 7) is 2.92. The van der Waals surface area contributed by atoms with Gasteiger partial charge in [0.05, 0.1) is 12.6 Å². The molecule has 2 amide bonds. The lowest BCUT2D eigenvalue weighted by atomic mass is 10.1. The molecule has 1 atom stereocenters. The van der Waals surface area contributed by atoms with E-state index in [1.54, 1.807) is 11.0 Å². The van der Waals surface area contributed by atoms with Crippen molar-refractivity contribution in [2.45, 2.75) is 38.8 Å². The highest BCUT2D eigenvalue weighted by Gasteiger charge is 2.24. The predicted octanol–water partition coefficient (Wildman–Crippen LogP) is 2.62. The molecule has 114 valence electrons. The molecule has 2 rings (SSSR count). The summed E-state index contributed by atoms with van der Waals surface area (Å²) in [4.78, 5) is 24.6. The number of urea groups is 1. The Labute approximate surface area is 123 Å². The number of aromatic carboxylic acids is 1. The van der Waals surface area contributed by atoms with E-state index < -0.39 is 5.97 Å². The van der Waals surface area contributed by atoms with E-state index in [0.29, 0.717) is 12.3 Å². The Bertz CT molecular complexity index is 536. The zero-order valence-corrected chi connectivity index (χ0v) is 12.0. The molecule has 1 unspecified atom stereocenters. The minimum Gasteiger partial charge on any atom is -0.475 e. The minimum absolute atomic E-state index is 0.122. The van der Waals surface area contributed by atoms with Crippen molar-refractivity contribution in [1.82, 2.24) is 10.2 Å². The molecule has 0 aromatic carbocycles. The van der Waals surface area contributed by atoms with Crippen molar-refractivity contribution >= 4 is 12.0 Å². The molecule has 6 nitrogen and oxygen atoms in total. The van der Waals surface area contributed by atoms with Gasteiger partial charge in [0.25, 0.3) is 0 Å². The van der Waals surface area contributed by atoms with Crippen LogP contribution in [0.15, 0.2) is 28.7 Å². The number of hydrogen-bond acceptors (Lipinski definition) is 3. The van der Waals surface area contributed by atoms with Gasteiger partial charge in [0.1, 0.15) is 5.76 Å². The molecular weight excluding hydrogens is 272 g/mol. The summed E-state index contributed by atoms with van der Waals surface area (Å²) in [6, 6.07) is 2.93. The molecule has 1 aliphatic rings. The number of hydrogen-bond donors (Lipinski definition) is 2. The molecule has 0 spiro atoms. The number of rotatable bonds is 6. The maximum atomic E-state index is 12.1. The van der Waals surface area contributed by atoms with Gasteiger partial charge in [0, 0.05) is 6.54 Å². The van der Waals surface area contributed by atoms with Crippen molar-refractivity contribution in [3.05, 3.63) is 35.8 Å². The second kappa shape index (κ2) is 6.97. The number of amides is 2. The van der Waals surface area contributed by atoms with Crippen molar-refractivity contribution in [1.29, 1.82) is 0 Å². The monoisotopic (exact) mass is 292 g/mol. The fourth-order valence-corrected chi connectivity index (χ4v) is 2.32. The van der Waals surface area contributed by atoms with Gasteiger partial charge >= 0.3 is 12.0 Å². The Morgan fingerprint density at radius 1 is 1.48 bits per heavy atom. The fraction of sp³-hybridized carbons (Fsp3) is 0.467. The number of nitrogens with zero attached hydrogens (tertiary/aromatic N) is 1. The van der Waals surface area contributed by atoms with Crippen LogP contribution in [0.3, 0.4) is 0 Å². The van der Waals surface area contributed by atoms with Crippen molar-refractivity contribution in [3.8, 4) is 0 Å². The zero-order valence-electron chi connectivity index (χ0n) is 12.0. The smallest absolute Gasteiger partial charge is 0.371 e. The fourth-order valence-electron chi connectivity index (χ4n) is 2.32. The van der Waals surface area contributed by atoms with Crippen LogP contribution in [-0.4, -0.2) is 34.6 Å². The van der Waals surface area contributed by atoms with E-state index >= 15 is 0 Å². The molecule has 21 heavy (non-hydrogen) atoms. The Kier molecular flexibility index (Phi) is 5.03. The quantitative estimate of drug-likeness (QED) is 0.789. The lowest BCUT2D eigenvalue weighted by Gasteiger charge is -2.24. The van der Waals surface area contributed by atoms with Crippen LogP contribution < -0.4 is 5.32 Å². The molecular formula is C15H20N2O4. The predicted molar refractivity (Wildman–Crippen MR) is 77.1 cm³/mol. The van der Waals surface area contributed by atoms with Gasteiger partial charge in [-0.05, 0) is 18.6 Å². The molecule has 0 saturated carbocycles. The topological polar surface area (TPSA) is 82.8 Å². The summed E-state index contributed by atoms with van der Waals surface area (Å²) in [5.74, 6) is -0.808. The third kappa shape index (κ3) is 3.87. The molecule has 0 saturated heterocycles. The summed E-state index contributed by atoms with van der Waals surface area (Å²) in [6.07, 6.45) is 7.20. The van der Waals surface area contributed by atoms with Gasteiger partial charge in [-0.1, -0.05) is 31.9 Å². The van der Waals surface area contributed by atoms with Crippen molar-refractivity contribution in [3.63, 3.8) is 0 Å². The van der Waals surface area contributed by atoms with Gasteiger partial charge in [-0.15, -0.1) is 0 Å². The van der Waals surface area contributed by atoms with Gasteiger partial charge in [0.2, 0.25) is 5.76 Å². The number of carbonyl (C=O) groups excluding carboxylic acids is 1. The van der Waals surface area contributed by atoms with Crippen molar-refractivity contribution in [2.75, 3.05) is 6.54 Å². The number of carbonyl (C=O) groups is 2. The van der Waals surface area contributed by atoms with E-state index in [9.17, 15) is 9.59 Å². The van der Waals surface area contributed by atoms with Crippen LogP contribution in [-0.2, 0) is 6.54 Å². The van der Waals surface area contributed by atoms with Crippen LogP contribution in [0.2, 0.25) is 0 Å². The first-order valence-corrected chi connectivity index (χ1v) is 7.15. The maximum Gasteiger partial charge on any atom is 0.371 e. The minimum atomic E-state index is -1.11. The third-order valence-corrected chi connectivity index (χ3v) is 3.46. The number of nitrogens with one attached hydrogen (secondary N) is 1. The van der Waals surface area contributed by atoms with E-state index in [2.05, 4.69) is 18.3 Å². The summed E-state index contributed by atoms with van der Waals surface area (Å²) in [5.41, 5.74) is 0. The van der Waals surface area contributed by atoms with Gasteiger partial charge in [-0.25, -0.2) is 9.59 Å². The summed E-state index contributed by atoms with van der Waals surface area (Å²) >= 11 is 0. The van der Waals surface area contributed by atoms with E-state index in [0.717, 1.165) is 19.3 Å². The molecule has 1 aliphatic heterocycles. The summed E-state index contributed by atoms with van der Waals surface area (Å²) in [7, 11) is 0. The SMILES string of the molecule is CCCCC1C=CCN1C(=O)NCc1ccc(C(=O)O)o1. The average Bonchev–Trinajstić information content (AvgIpc) is 3.11. The molecule has 0 fully saturated rings. The average molecular weight is 292 g/mol. The van der Waals surface area contributed by atoms with Crippen LogP contribution in [0.5, 0.6) is 0 Å². The molecule has 0 aliphatic carbocycles. The standard InChI is InChI=1S/C15H20N2O4/c1-2-3-5-11-6-4-9-17(11)15(20)16-10-12-7-8-13(21-12)14(18)19/h4,6-8,11H,2-3,5,9-10H2,1H3,(H,16,20)(H,18,19). The molecule has 0 bridgehead atoms. The summed E-state index contributed by atoms with van der Waals surface area (Å²) in [5, 5.41) is 11.5. The second-order valence-corrected chi connectivity index (χ2v) is 5.02. The Balaban J connectivity index is 1.84. The number of carboxylic acid groups (broad SMARTS) is 1. The lowest BCUT2D eigenvalue weighted by molar-refractivity contribution is 0.0660. The Morgan fingerprint density at radius 2 is 2.29 bits per heavy atom. The van der Waals surface area contributed by atoms with Crippen LogP contribution >= 0.6 is 0 Å². The number of unbranched alkanes of at least 4 members (excludes halogenated alkanes) is 1. The van der Waals surface area contributed by atoms with Crippen LogP contribution in [0.4, 0.5) is 4.79 Å². The highest BCUT2D eigenvalue weighted by Crippen LogP contribution is 2.16. The largest absolute Gasteiger partial charge is 0.475 e. The Morgan fingerprint density at radius 3 is 2.95 bits per heavy atom. The van der Waals surface area contributed by atoms with Gasteiger partial charge in [-0.3, -0.25) is 0 Å². The van der Waals surface area contributed by atoms with E-state index in [1.807, 2.05) is 6.08 Å². The van der Waals surface area contributed by atoms with Crippen molar-refractivity contribution < 1.29 is 19.1 Å². The maximum absolute atomic E-state index is 12.1. The van der Waals surface area contributed by atoms with Gasteiger partial charge in [0.15, 0.2) is 0 Å². The normalized spacial score (nSPS) is 17.2. The number of furan rings is 1. The molecule has 0 radical (unpaired) electrons. The number of carboxylic acids is 1.